The molecule has 0 radical (unpaired) electrons. The highest BCUT2D eigenvalue weighted by molar-refractivity contribution is 6.36. The smallest absolute Gasteiger partial charge is 0.164 e. The van der Waals surface area contributed by atoms with E-state index in [9.17, 15) is 4.39 Å². The van der Waals surface area contributed by atoms with E-state index < -0.39 is 24.5 Å². The van der Waals surface area contributed by atoms with Crippen LogP contribution in [-0.4, -0.2) is 54.8 Å². The molecule has 3 aromatic rings. The monoisotopic (exact) mass is 465 g/mol. The Morgan fingerprint density at radius 2 is 1.90 bits per heavy atom. The van der Waals surface area contributed by atoms with Crippen LogP contribution in [0.15, 0.2) is 36.7 Å². The van der Waals surface area contributed by atoms with Gasteiger partial charge in [0.2, 0.25) is 0 Å². The SMILES string of the molecule is COc1cc2c(Nc3ccc(Cl)cc3Cl)ncnc2cc1O[C@@H]1CO[C@@H]2C1OC[C@H]2F. The summed E-state index contributed by atoms with van der Waals surface area (Å²) >= 11 is 12.3. The molecule has 2 fully saturated rings. The normalized spacial score (nSPS) is 24.9. The molecule has 4 atom stereocenters. The van der Waals surface area contributed by atoms with Crippen molar-refractivity contribution in [3.63, 3.8) is 0 Å². The molecule has 2 aliphatic heterocycles. The van der Waals surface area contributed by atoms with Crippen LogP contribution in [0.2, 0.25) is 10.0 Å². The van der Waals surface area contributed by atoms with Gasteiger partial charge in [-0.2, -0.15) is 0 Å². The molecule has 31 heavy (non-hydrogen) atoms. The topological polar surface area (TPSA) is 74.7 Å². The van der Waals surface area contributed by atoms with Crippen molar-refractivity contribution in [2.24, 2.45) is 0 Å². The van der Waals surface area contributed by atoms with E-state index >= 15 is 0 Å². The molecule has 2 aliphatic rings. The van der Waals surface area contributed by atoms with Crippen LogP contribution in [0.25, 0.3) is 10.9 Å². The molecule has 1 N–H and O–H groups in total. The van der Waals surface area contributed by atoms with Crippen LogP contribution in [0.4, 0.5) is 15.9 Å². The molecular weight excluding hydrogens is 448 g/mol. The molecule has 10 heteroatoms. The molecule has 2 aromatic carbocycles. The van der Waals surface area contributed by atoms with E-state index in [1.807, 2.05) is 0 Å². The zero-order chi connectivity index (χ0) is 21.5. The van der Waals surface area contributed by atoms with Crippen molar-refractivity contribution in [3.05, 3.63) is 46.7 Å². The van der Waals surface area contributed by atoms with E-state index in [1.165, 1.54) is 6.33 Å². The van der Waals surface area contributed by atoms with Crippen molar-refractivity contribution in [2.75, 3.05) is 25.6 Å². The second-order valence-corrected chi connectivity index (χ2v) is 8.10. The summed E-state index contributed by atoms with van der Waals surface area (Å²) in [7, 11) is 1.54. The van der Waals surface area contributed by atoms with Crippen molar-refractivity contribution in [1.82, 2.24) is 9.97 Å². The van der Waals surface area contributed by atoms with Crippen molar-refractivity contribution in [2.45, 2.75) is 24.5 Å². The minimum absolute atomic E-state index is 0.0135. The van der Waals surface area contributed by atoms with Gasteiger partial charge >= 0.3 is 0 Å². The maximum absolute atomic E-state index is 13.8. The van der Waals surface area contributed by atoms with Crippen LogP contribution >= 0.6 is 23.2 Å². The van der Waals surface area contributed by atoms with Gasteiger partial charge < -0.3 is 24.3 Å². The number of methoxy groups -OCH3 is 1. The molecule has 0 bridgehead atoms. The Labute approximate surface area is 187 Å². The van der Waals surface area contributed by atoms with Crippen LogP contribution in [-0.2, 0) is 9.47 Å². The van der Waals surface area contributed by atoms with Crippen LogP contribution in [0.3, 0.4) is 0 Å². The number of hydrogen-bond acceptors (Lipinski definition) is 7. The first kappa shape index (κ1) is 20.5. The Kier molecular flexibility index (Phi) is 5.47. The lowest BCUT2D eigenvalue weighted by molar-refractivity contribution is 0.0271. The van der Waals surface area contributed by atoms with Crippen LogP contribution in [0, 0.1) is 0 Å². The molecule has 2 saturated heterocycles. The fourth-order valence-electron chi connectivity index (χ4n) is 3.82. The largest absolute Gasteiger partial charge is 0.493 e. The number of benzene rings is 2. The summed E-state index contributed by atoms with van der Waals surface area (Å²) in [6.45, 7) is 0.252. The summed E-state index contributed by atoms with van der Waals surface area (Å²) < 4.78 is 36.5. The molecule has 0 aliphatic carbocycles. The first-order chi connectivity index (χ1) is 15.0. The van der Waals surface area contributed by atoms with E-state index in [4.69, 9.17) is 42.1 Å². The predicted octanol–water partition coefficient (Wildman–Crippen LogP) is 4.57. The van der Waals surface area contributed by atoms with E-state index in [-0.39, 0.29) is 13.2 Å². The predicted molar refractivity (Wildman–Crippen MR) is 115 cm³/mol. The number of anilines is 2. The quantitative estimate of drug-likeness (QED) is 0.591. The van der Waals surface area contributed by atoms with E-state index in [0.29, 0.717) is 44.0 Å². The second-order valence-electron chi connectivity index (χ2n) is 7.26. The van der Waals surface area contributed by atoms with E-state index in [1.54, 1.807) is 37.4 Å². The Balaban J connectivity index is 1.46. The van der Waals surface area contributed by atoms with Gasteiger partial charge in [0, 0.05) is 16.5 Å². The molecule has 162 valence electrons. The first-order valence-electron chi connectivity index (χ1n) is 9.62. The molecule has 0 spiro atoms. The third kappa shape index (κ3) is 3.85. The summed E-state index contributed by atoms with van der Waals surface area (Å²) in [5, 5.41) is 4.91. The van der Waals surface area contributed by atoms with Gasteiger partial charge in [-0.05, 0) is 24.3 Å². The van der Waals surface area contributed by atoms with Crippen LogP contribution in [0.5, 0.6) is 11.5 Å². The number of nitrogens with zero attached hydrogens (tertiary/aromatic N) is 2. The molecule has 3 heterocycles. The standard InChI is InChI=1S/C21H18Cl2FN3O4/c1-28-16-5-11-15(6-17(16)31-18-8-30-19-13(24)7-29-20(18)19)25-9-26-21(11)27-14-3-2-10(22)4-12(14)23/h2-6,9,13,18-20H,7-8H2,1H3,(H,25,26,27)/t13-,18-,19+,20?/m1/s1. The molecule has 0 amide bonds. The van der Waals surface area contributed by atoms with Gasteiger partial charge in [0.25, 0.3) is 0 Å². The molecule has 1 aromatic heterocycles. The number of rotatable bonds is 5. The maximum Gasteiger partial charge on any atom is 0.164 e. The summed E-state index contributed by atoms with van der Waals surface area (Å²) in [6.07, 6.45) is -1.20. The lowest BCUT2D eigenvalue weighted by Gasteiger charge is -2.20. The first-order valence-corrected chi connectivity index (χ1v) is 10.4. The highest BCUT2D eigenvalue weighted by atomic mass is 35.5. The highest BCUT2D eigenvalue weighted by Crippen LogP contribution is 2.38. The molecule has 1 unspecified atom stereocenters. The summed E-state index contributed by atoms with van der Waals surface area (Å²) in [6, 6.07) is 8.67. The number of nitrogens with one attached hydrogen (secondary N) is 1. The summed E-state index contributed by atoms with van der Waals surface area (Å²) in [4.78, 5) is 8.68. The van der Waals surface area contributed by atoms with E-state index in [2.05, 4.69) is 15.3 Å². The Morgan fingerprint density at radius 1 is 1.06 bits per heavy atom. The van der Waals surface area contributed by atoms with Gasteiger partial charge in [-0.15, -0.1) is 0 Å². The molecular formula is C21H18Cl2FN3O4. The maximum atomic E-state index is 13.8. The van der Waals surface area contributed by atoms with Crippen molar-refractivity contribution >= 4 is 45.6 Å². The number of aromatic nitrogens is 2. The van der Waals surface area contributed by atoms with Gasteiger partial charge in [-0.3, -0.25) is 0 Å². The summed E-state index contributed by atoms with van der Waals surface area (Å²) in [5.74, 6) is 1.48. The molecule has 7 nitrogen and oxygen atoms in total. The zero-order valence-corrected chi connectivity index (χ0v) is 17.9. The van der Waals surface area contributed by atoms with Crippen molar-refractivity contribution in [1.29, 1.82) is 0 Å². The lowest BCUT2D eigenvalue weighted by atomic mass is 10.1. The number of halogens is 3. The third-order valence-electron chi connectivity index (χ3n) is 5.33. The van der Waals surface area contributed by atoms with Gasteiger partial charge in [0.1, 0.15) is 24.4 Å². The molecule has 5 rings (SSSR count). The highest BCUT2D eigenvalue weighted by Gasteiger charge is 2.49. The minimum Gasteiger partial charge on any atom is -0.493 e. The minimum atomic E-state index is -1.14. The number of fused-ring (bicyclic) bond motifs is 2. The Hall–Kier alpha value is -2.39. The number of hydrogen-bond donors (Lipinski definition) is 1. The zero-order valence-electron chi connectivity index (χ0n) is 16.3. The second kappa shape index (κ2) is 8.27. The van der Waals surface area contributed by atoms with Gasteiger partial charge in [-0.1, -0.05) is 23.2 Å². The fraction of sp³-hybridized carbons (Fsp3) is 0.333. The number of ether oxygens (including phenoxy) is 4. The van der Waals surface area contributed by atoms with Crippen molar-refractivity contribution in [3.8, 4) is 11.5 Å². The lowest BCUT2D eigenvalue weighted by Crippen LogP contribution is -2.33. The van der Waals surface area contributed by atoms with Crippen molar-refractivity contribution < 1.29 is 23.3 Å². The third-order valence-corrected chi connectivity index (χ3v) is 5.88. The Morgan fingerprint density at radius 3 is 2.71 bits per heavy atom. The van der Waals surface area contributed by atoms with E-state index in [0.717, 1.165) is 0 Å². The van der Waals surface area contributed by atoms with Gasteiger partial charge in [-0.25, -0.2) is 14.4 Å². The Bertz CT molecular complexity index is 1140. The van der Waals surface area contributed by atoms with Crippen LogP contribution in [0.1, 0.15) is 0 Å². The van der Waals surface area contributed by atoms with Gasteiger partial charge in [0.15, 0.2) is 23.8 Å². The average Bonchev–Trinajstić information content (AvgIpc) is 3.33. The average molecular weight is 466 g/mol. The van der Waals surface area contributed by atoms with Crippen LogP contribution < -0.4 is 14.8 Å². The summed E-state index contributed by atoms with van der Waals surface area (Å²) in [5.41, 5.74) is 1.28. The fourth-order valence-corrected chi connectivity index (χ4v) is 4.27. The van der Waals surface area contributed by atoms with Gasteiger partial charge in [0.05, 0.1) is 36.6 Å². The number of alkyl halides is 1. The molecule has 0 saturated carbocycles.